The van der Waals surface area contributed by atoms with Crippen molar-refractivity contribution in [2.75, 3.05) is 19.0 Å². The number of nitrogens with one attached hydrogen (secondary N) is 1. The van der Waals surface area contributed by atoms with Crippen LogP contribution in [0.15, 0.2) is 46.5 Å². The van der Waals surface area contributed by atoms with E-state index in [1.165, 1.54) is 0 Å². The first kappa shape index (κ1) is 23.0. The molecule has 0 radical (unpaired) electrons. The maximum Gasteiger partial charge on any atom is 0.266 e. The number of methoxy groups -OCH3 is 1. The molecule has 0 atom stereocenters. The summed E-state index contributed by atoms with van der Waals surface area (Å²) in [6.07, 6.45) is 3.35. The van der Waals surface area contributed by atoms with Crippen LogP contribution >= 0.6 is 0 Å². The number of carbonyl (C=O) groups is 1. The van der Waals surface area contributed by atoms with Crippen molar-refractivity contribution in [1.29, 1.82) is 5.26 Å². The maximum atomic E-state index is 12.7. The first-order chi connectivity index (χ1) is 15.3. The van der Waals surface area contributed by atoms with Gasteiger partial charge < -0.3 is 19.0 Å². The minimum atomic E-state index is -0.458. The molecular weight excluding hydrogens is 404 g/mol. The number of ether oxygens (including phenoxy) is 1. The molecule has 1 amide bonds. The van der Waals surface area contributed by atoms with E-state index >= 15 is 0 Å². The highest BCUT2D eigenvalue weighted by Gasteiger charge is 2.14. The number of anilines is 1. The van der Waals surface area contributed by atoms with Crippen LogP contribution < -0.4 is 5.32 Å². The van der Waals surface area contributed by atoms with Crippen molar-refractivity contribution in [2.45, 2.75) is 40.2 Å². The number of nitriles is 1. The van der Waals surface area contributed by atoms with E-state index in [1.807, 2.05) is 52.0 Å². The number of hydrogen-bond acceptors (Lipinski definition) is 5. The van der Waals surface area contributed by atoms with Crippen LogP contribution in [0.25, 0.3) is 17.5 Å². The first-order valence-corrected chi connectivity index (χ1v) is 10.5. The summed E-state index contributed by atoms with van der Waals surface area (Å²) in [7, 11) is 1.66. The van der Waals surface area contributed by atoms with Gasteiger partial charge in [0.25, 0.3) is 5.91 Å². The van der Waals surface area contributed by atoms with Gasteiger partial charge in [-0.05, 0) is 55.8 Å². The molecule has 32 heavy (non-hydrogen) atoms. The van der Waals surface area contributed by atoms with E-state index in [0.717, 1.165) is 28.3 Å². The highest BCUT2D eigenvalue weighted by atomic mass is 16.5. The summed E-state index contributed by atoms with van der Waals surface area (Å²) < 4.78 is 13.0. The fourth-order valence-corrected chi connectivity index (χ4v) is 3.39. The lowest BCUT2D eigenvalue weighted by Gasteiger charge is -2.08. The zero-order chi connectivity index (χ0) is 23.3. The summed E-state index contributed by atoms with van der Waals surface area (Å²) in [5.74, 6) is 1.16. The Labute approximate surface area is 188 Å². The van der Waals surface area contributed by atoms with Gasteiger partial charge in [-0.1, -0.05) is 13.8 Å². The van der Waals surface area contributed by atoms with Crippen molar-refractivity contribution in [3.05, 3.63) is 64.8 Å². The zero-order valence-electron chi connectivity index (χ0n) is 19.1. The number of oxazole rings is 1. The molecule has 0 fully saturated rings. The molecule has 166 valence electrons. The Balaban J connectivity index is 1.74. The zero-order valence-corrected chi connectivity index (χ0v) is 19.1. The van der Waals surface area contributed by atoms with Crippen LogP contribution in [0.4, 0.5) is 5.69 Å². The van der Waals surface area contributed by atoms with Gasteiger partial charge in [0.1, 0.15) is 17.4 Å². The third kappa shape index (κ3) is 5.16. The maximum absolute atomic E-state index is 12.7. The van der Waals surface area contributed by atoms with Crippen LogP contribution in [0.5, 0.6) is 0 Å². The molecule has 0 saturated heterocycles. The second-order valence-corrected chi connectivity index (χ2v) is 7.89. The van der Waals surface area contributed by atoms with Crippen LogP contribution in [0.3, 0.4) is 0 Å². The quantitative estimate of drug-likeness (QED) is 0.396. The molecule has 0 aliphatic carbocycles. The summed E-state index contributed by atoms with van der Waals surface area (Å²) in [6, 6.07) is 11.1. The van der Waals surface area contributed by atoms with Crippen molar-refractivity contribution in [1.82, 2.24) is 9.55 Å². The van der Waals surface area contributed by atoms with Crippen LogP contribution in [0, 0.1) is 25.2 Å². The first-order valence-electron chi connectivity index (χ1n) is 10.5. The van der Waals surface area contributed by atoms with Crippen molar-refractivity contribution in [2.24, 2.45) is 0 Å². The lowest BCUT2D eigenvalue weighted by atomic mass is 10.1. The average Bonchev–Trinajstić information content (AvgIpc) is 3.36. The van der Waals surface area contributed by atoms with Gasteiger partial charge in [0.2, 0.25) is 5.89 Å². The highest BCUT2D eigenvalue weighted by Crippen LogP contribution is 2.25. The second kappa shape index (κ2) is 10.1. The standard InChI is InChI=1S/C25H28N4O3/c1-16(2)23-15-27-25(32-23)19-6-8-22(9-7-19)28-24(30)21(14-26)13-20-12-17(3)29(18(20)4)10-11-31-5/h6-9,12-13,15-16H,10-11H2,1-5H3,(H,28,30)/b21-13-. The summed E-state index contributed by atoms with van der Waals surface area (Å²) in [6.45, 7) is 9.35. The largest absolute Gasteiger partial charge is 0.441 e. The Kier molecular flexibility index (Phi) is 7.29. The minimum absolute atomic E-state index is 0.0374. The number of carbonyl (C=O) groups excluding carboxylic acids is 1. The van der Waals surface area contributed by atoms with E-state index in [2.05, 4.69) is 14.9 Å². The predicted molar refractivity (Wildman–Crippen MR) is 124 cm³/mol. The van der Waals surface area contributed by atoms with Gasteiger partial charge in [0.05, 0.1) is 12.8 Å². The lowest BCUT2D eigenvalue weighted by molar-refractivity contribution is -0.112. The highest BCUT2D eigenvalue weighted by molar-refractivity contribution is 6.09. The molecule has 3 aromatic rings. The predicted octanol–water partition coefficient (Wildman–Crippen LogP) is 5.08. The minimum Gasteiger partial charge on any atom is -0.441 e. The van der Waals surface area contributed by atoms with Gasteiger partial charge in [-0.25, -0.2) is 4.98 Å². The van der Waals surface area contributed by atoms with E-state index in [9.17, 15) is 10.1 Å². The normalized spacial score (nSPS) is 11.6. The monoisotopic (exact) mass is 432 g/mol. The average molecular weight is 433 g/mol. The van der Waals surface area contributed by atoms with Crippen LogP contribution in [-0.2, 0) is 16.1 Å². The molecule has 0 aliphatic heterocycles. The molecule has 0 saturated carbocycles. The Morgan fingerprint density at radius 2 is 2.03 bits per heavy atom. The number of aryl methyl sites for hydroxylation is 1. The molecule has 7 heteroatoms. The van der Waals surface area contributed by atoms with Gasteiger partial charge in [-0.3, -0.25) is 4.79 Å². The second-order valence-electron chi connectivity index (χ2n) is 7.89. The molecule has 0 aliphatic rings. The van der Waals surface area contributed by atoms with Crippen LogP contribution in [0.1, 0.15) is 42.5 Å². The number of aromatic nitrogens is 2. The van der Waals surface area contributed by atoms with Crippen molar-refractivity contribution >= 4 is 17.7 Å². The molecular formula is C25H28N4O3. The van der Waals surface area contributed by atoms with E-state index in [-0.39, 0.29) is 11.5 Å². The SMILES string of the molecule is COCCn1c(C)cc(/C=C(/C#N)C(=O)Nc2ccc(-c3ncc(C(C)C)o3)cc2)c1C. The fraction of sp³-hybridized carbons (Fsp3) is 0.320. The van der Waals surface area contributed by atoms with E-state index in [4.69, 9.17) is 9.15 Å². The van der Waals surface area contributed by atoms with Crippen molar-refractivity contribution in [3.63, 3.8) is 0 Å². The van der Waals surface area contributed by atoms with E-state index < -0.39 is 5.91 Å². The molecule has 3 rings (SSSR count). The summed E-state index contributed by atoms with van der Waals surface area (Å²) in [5.41, 5.74) is 4.30. The van der Waals surface area contributed by atoms with Crippen LogP contribution in [-0.4, -0.2) is 29.2 Å². The fourth-order valence-electron chi connectivity index (χ4n) is 3.39. The van der Waals surface area contributed by atoms with Gasteiger partial charge in [-0.2, -0.15) is 5.26 Å². The van der Waals surface area contributed by atoms with E-state index in [1.54, 1.807) is 31.5 Å². The molecule has 0 unspecified atom stereocenters. The lowest BCUT2D eigenvalue weighted by Crippen LogP contribution is -2.13. The van der Waals surface area contributed by atoms with Gasteiger partial charge in [0, 0.05) is 42.2 Å². The number of benzene rings is 1. The Morgan fingerprint density at radius 1 is 1.31 bits per heavy atom. The summed E-state index contributed by atoms with van der Waals surface area (Å²) in [5, 5.41) is 12.3. The molecule has 7 nitrogen and oxygen atoms in total. The molecule has 1 N–H and O–H groups in total. The molecule has 2 aromatic heterocycles. The van der Waals surface area contributed by atoms with Gasteiger partial charge >= 0.3 is 0 Å². The van der Waals surface area contributed by atoms with Gasteiger partial charge in [0.15, 0.2) is 0 Å². The molecule has 0 spiro atoms. The molecule has 2 heterocycles. The Bertz CT molecular complexity index is 1160. The van der Waals surface area contributed by atoms with Crippen molar-refractivity contribution in [3.8, 4) is 17.5 Å². The number of nitrogens with zero attached hydrogens (tertiary/aromatic N) is 3. The molecule has 0 bridgehead atoms. The third-order valence-electron chi connectivity index (χ3n) is 5.28. The summed E-state index contributed by atoms with van der Waals surface area (Å²) >= 11 is 0. The Hall–Kier alpha value is -3.63. The number of rotatable bonds is 8. The van der Waals surface area contributed by atoms with Gasteiger partial charge in [-0.15, -0.1) is 0 Å². The number of amides is 1. The third-order valence-corrected chi connectivity index (χ3v) is 5.28. The smallest absolute Gasteiger partial charge is 0.266 e. The van der Waals surface area contributed by atoms with E-state index in [0.29, 0.717) is 24.7 Å². The van der Waals surface area contributed by atoms with Crippen molar-refractivity contribution < 1.29 is 13.9 Å². The topological polar surface area (TPSA) is 93.1 Å². The summed E-state index contributed by atoms with van der Waals surface area (Å²) in [4.78, 5) is 17.0. The number of hydrogen-bond donors (Lipinski definition) is 1. The van der Waals surface area contributed by atoms with Crippen LogP contribution in [0.2, 0.25) is 0 Å². The Morgan fingerprint density at radius 3 is 2.62 bits per heavy atom. The molecule has 1 aromatic carbocycles.